The molecule has 3 aromatic rings. The van der Waals surface area contributed by atoms with Gasteiger partial charge < -0.3 is 37.6 Å². The first-order chi connectivity index (χ1) is 20.5. The minimum atomic E-state index is -1.44. The third-order valence-electron chi connectivity index (χ3n) is 6.35. The first-order valence-corrected chi connectivity index (χ1v) is 13.1. The Morgan fingerprint density at radius 1 is 0.767 bits per heavy atom. The van der Waals surface area contributed by atoms with E-state index >= 15 is 0 Å². The number of esters is 4. The van der Waals surface area contributed by atoms with Crippen LogP contribution in [0, 0.1) is 0 Å². The van der Waals surface area contributed by atoms with Crippen molar-refractivity contribution in [3.8, 4) is 22.6 Å². The first kappa shape index (κ1) is 31.0. The fourth-order valence-corrected chi connectivity index (χ4v) is 4.57. The Labute approximate surface area is 245 Å². The summed E-state index contributed by atoms with van der Waals surface area (Å²) in [5.74, 6) is -2.17. The van der Waals surface area contributed by atoms with Crippen LogP contribution in [0.3, 0.4) is 0 Å². The maximum absolute atomic E-state index is 13.3. The van der Waals surface area contributed by atoms with Crippen molar-refractivity contribution >= 4 is 34.8 Å². The minimum absolute atomic E-state index is 0.133. The summed E-state index contributed by atoms with van der Waals surface area (Å²) in [5, 5.41) is 0.266. The standard InChI is InChI=1S/C30H30O13/c1-15(31)37-14-25-27(39-16(2)32)28(40-17(3)33)29(41-18(4)34)30(43-25)42-21-10-11-22-24(12-21)38-13-23(26(22)35)19-6-8-20(36-5)9-7-19/h6-13,25,27-30H,14H2,1-5H3/t25-,27+,28+,29-,30+/m0/s1. The lowest BCUT2D eigenvalue weighted by molar-refractivity contribution is -0.288. The Bertz CT molecular complexity index is 1560. The number of hydrogen-bond acceptors (Lipinski definition) is 13. The molecule has 0 saturated carbocycles. The largest absolute Gasteiger partial charge is 0.497 e. The second kappa shape index (κ2) is 13.4. The molecule has 0 N–H and O–H groups in total. The molecule has 0 unspecified atom stereocenters. The number of benzene rings is 2. The van der Waals surface area contributed by atoms with Gasteiger partial charge in [-0.05, 0) is 29.8 Å². The molecule has 0 aliphatic carbocycles. The highest BCUT2D eigenvalue weighted by atomic mass is 16.7. The maximum atomic E-state index is 13.3. The van der Waals surface area contributed by atoms with Crippen LogP contribution in [0.5, 0.6) is 11.5 Å². The van der Waals surface area contributed by atoms with E-state index in [0.717, 1.165) is 20.8 Å². The highest BCUT2D eigenvalue weighted by Crippen LogP contribution is 2.32. The minimum Gasteiger partial charge on any atom is -0.497 e. The van der Waals surface area contributed by atoms with Crippen molar-refractivity contribution in [2.24, 2.45) is 0 Å². The number of fused-ring (bicyclic) bond motifs is 1. The van der Waals surface area contributed by atoms with Crippen molar-refractivity contribution in [3.63, 3.8) is 0 Å². The summed E-state index contributed by atoms with van der Waals surface area (Å²) in [6.07, 6.45) is -5.43. The lowest BCUT2D eigenvalue weighted by atomic mass is 9.98. The molecule has 5 atom stereocenters. The molecule has 13 heteroatoms. The Morgan fingerprint density at radius 3 is 1.98 bits per heavy atom. The molecule has 2 aromatic carbocycles. The highest BCUT2D eigenvalue weighted by molar-refractivity contribution is 5.82. The van der Waals surface area contributed by atoms with Gasteiger partial charge in [-0.1, -0.05) is 12.1 Å². The third-order valence-corrected chi connectivity index (χ3v) is 6.35. The van der Waals surface area contributed by atoms with Crippen LogP contribution in [-0.2, 0) is 42.9 Å². The Morgan fingerprint density at radius 2 is 1.37 bits per heavy atom. The zero-order chi connectivity index (χ0) is 31.3. The molecule has 0 radical (unpaired) electrons. The van der Waals surface area contributed by atoms with Crippen LogP contribution in [0.2, 0.25) is 0 Å². The van der Waals surface area contributed by atoms with Gasteiger partial charge in [-0.25, -0.2) is 0 Å². The SMILES string of the molecule is COc1ccc(-c2coc3cc(O[C@@H]4O[C@@H](COC(C)=O)[C@@H](OC(C)=O)[C@@H](OC(C)=O)[C@@H]4OC(C)=O)ccc3c2=O)cc1. The third kappa shape index (κ3) is 7.49. The predicted octanol–water partition coefficient (Wildman–Crippen LogP) is 2.93. The number of hydrogen-bond donors (Lipinski definition) is 0. The molecule has 1 saturated heterocycles. The van der Waals surface area contributed by atoms with E-state index in [4.69, 9.17) is 37.6 Å². The second-order valence-electron chi connectivity index (χ2n) is 9.55. The highest BCUT2D eigenvalue weighted by Gasteiger charge is 2.53. The van der Waals surface area contributed by atoms with Gasteiger partial charge >= 0.3 is 23.9 Å². The lowest BCUT2D eigenvalue weighted by Crippen LogP contribution is -2.63. The Balaban J connectivity index is 1.69. The summed E-state index contributed by atoms with van der Waals surface area (Å²) < 4.78 is 44.2. The van der Waals surface area contributed by atoms with E-state index in [1.165, 1.54) is 31.4 Å². The summed E-state index contributed by atoms with van der Waals surface area (Å²) >= 11 is 0. The molecule has 1 fully saturated rings. The van der Waals surface area contributed by atoms with Crippen molar-refractivity contribution in [3.05, 3.63) is 59.0 Å². The monoisotopic (exact) mass is 598 g/mol. The van der Waals surface area contributed by atoms with Gasteiger partial charge in [0.25, 0.3) is 0 Å². The van der Waals surface area contributed by atoms with Crippen molar-refractivity contribution in [2.45, 2.75) is 58.4 Å². The van der Waals surface area contributed by atoms with Gasteiger partial charge in [0, 0.05) is 33.8 Å². The quantitative estimate of drug-likeness (QED) is 0.261. The van der Waals surface area contributed by atoms with E-state index in [9.17, 15) is 24.0 Å². The molecule has 0 spiro atoms. The molecule has 2 heterocycles. The molecule has 1 aliphatic rings. The molecule has 1 aromatic heterocycles. The molecule has 228 valence electrons. The molecular weight excluding hydrogens is 568 g/mol. The van der Waals surface area contributed by atoms with Crippen LogP contribution < -0.4 is 14.9 Å². The second-order valence-corrected chi connectivity index (χ2v) is 9.55. The fourth-order valence-electron chi connectivity index (χ4n) is 4.57. The van der Waals surface area contributed by atoms with Crippen LogP contribution in [0.15, 0.2) is 57.9 Å². The van der Waals surface area contributed by atoms with Gasteiger partial charge in [0.2, 0.25) is 12.4 Å². The van der Waals surface area contributed by atoms with Gasteiger partial charge in [0.1, 0.15) is 36.1 Å². The van der Waals surface area contributed by atoms with Gasteiger partial charge in [-0.3, -0.25) is 24.0 Å². The molecule has 0 amide bonds. The van der Waals surface area contributed by atoms with Gasteiger partial charge in [-0.15, -0.1) is 0 Å². The van der Waals surface area contributed by atoms with E-state index in [1.54, 1.807) is 31.4 Å². The Hall–Kier alpha value is -4.91. The zero-order valence-corrected chi connectivity index (χ0v) is 24.0. The van der Waals surface area contributed by atoms with E-state index in [1.807, 2.05) is 0 Å². The topological polar surface area (TPSA) is 163 Å². The molecule has 13 nitrogen and oxygen atoms in total. The average molecular weight is 599 g/mol. The van der Waals surface area contributed by atoms with Crippen LogP contribution in [0.1, 0.15) is 27.7 Å². The lowest BCUT2D eigenvalue weighted by Gasteiger charge is -2.43. The van der Waals surface area contributed by atoms with Crippen LogP contribution in [0.25, 0.3) is 22.1 Å². The summed E-state index contributed by atoms with van der Waals surface area (Å²) in [5.41, 5.74) is 0.869. The van der Waals surface area contributed by atoms with E-state index in [2.05, 4.69) is 0 Å². The van der Waals surface area contributed by atoms with Crippen molar-refractivity contribution in [1.29, 1.82) is 0 Å². The van der Waals surface area contributed by atoms with Crippen LogP contribution >= 0.6 is 0 Å². The number of ether oxygens (including phenoxy) is 7. The van der Waals surface area contributed by atoms with Gasteiger partial charge in [-0.2, -0.15) is 0 Å². The Kier molecular flexibility index (Phi) is 9.66. The number of rotatable bonds is 9. The van der Waals surface area contributed by atoms with Crippen LogP contribution in [0.4, 0.5) is 0 Å². The molecule has 1 aliphatic heterocycles. The van der Waals surface area contributed by atoms with Gasteiger partial charge in [0.05, 0.1) is 18.1 Å². The first-order valence-electron chi connectivity index (χ1n) is 13.1. The summed E-state index contributed by atoms with van der Waals surface area (Å²) in [6.45, 7) is 4.14. The molecular formula is C30H30O13. The number of methoxy groups -OCH3 is 1. The smallest absolute Gasteiger partial charge is 0.303 e. The normalized spacial score (nSPS) is 21.4. The van der Waals surface area contributed by atoms with E-state index < -0.39 is 61.2 Å². The number of carbonyl (C=O) groups is 4. The number of carbonyl (C=O) groups excluding carboxylic acids is 4. The maximum Gasteiger partial charge on any atom is 0.303 e. The van der Waals surface area contributed by atoms with Crippen molar-refractivity contribution in [1.82, 2.24) is 0 Å². The van der Waals surface area contributed by atoms with Crippen LogP contribution in [-0.4, -0.2) is 68.3 Å². The van der Waals surface area contributed by atoms with E-state index in [-0.39, 0.29) is 22.1 Å². The van der Waals surface area contributed by atoms with Gasteiger partial charge in [0.15, 0.2) is 17.6 Å². The molecule has 0 bridgehead atoms. The summed E-state index contributed by atoms with van der Waals surface area (Å²) in [4.78, 5) is 60.8. The predicted molar refractivity (Wildman–Crippen MR) is 147 cm³/mol. The fraction of sp³-hybridized carbons (Fsp3) is 0.367. The summed E-state index contributed by atoms with van der Waals surface area (Å²) in [6, 6.07) is 11.3. The molecule has 43 heavy (non-hydrogen) atoms. The summed E-state index contributed by atoms with van der Waals surface area (Å²) in [7, 11) is 1.54. The van der Waals surface area contributed by atoms with Crippen molar-refractivity contribution < 1.29 is 56.8 Å². The zero-order valence-electron chi connectivity index (χ0n) is 24.0. The van der Waals surface area contributed by atoms with E-state index in [0.29, 0.717) is 16.9 Å². The van der Waals surface area contributed by atoms with Crippen molar-refractivity contribution in [2.75, 3.05) is 13.7 Å². The molecule has 4 rings (SSSR count). The average Bonchev–Trinajstić information content (AvgIpc) is 2.94.